The van der Waals surface area contributed by atoms with Crippen molar-refractivity contribution < 1.29 is 72.0 Å². The minimum atomic E-state index is -4.94. The molecule has 71 heavy (non-hydrogen) atoms. The molecule has 16 nitrogen and oxygen atoms in total. The first-order valence-corrected chi connectivity index (χ1v) is 30.2. The van der Waals surface area contributed by atoms with E-state index in [4.69, 9.17) is 14.8 Å². The maximum atomic E-state index is 13.7. The average molecular weight is 1140 g/mol. The highest BCUT2D eigenvalue weighted by Crippen LogP contribution is 2.44. The molecule has 0 aromatic heterocycles. The molecule has 0 saturated heterocycles. The molecule has 0 amide bonds. The summed E-state index contributed by atoms with van der Waals surface area (Å²) in [7, 11) is -18.3. The van der Waals surface area contributed by atoms with Crippen LogP contribution in [0.1, 0.15) is 29.2 Å². The van der Waals surface area contributed by atoms with Crippen molar-refractivity contribution in [1.29, 1.82) is 0 Å². The summed E-state index contributed by atoms with van der Waals surface area (Å²) in [5.41, 5.74) is 2.49. The van der Waals surface area contributed by atoms with Gasteiger partial charge in [0.25, 0.3) is 20.2 Å². The lowest BCUT2D eigenvalue weighted by Crippen LogP contribution is -2.25. The van der Waals surface area contributed by atoms with Crippen molar-refractivity contribution in [3.05, 3.63) is 174 Å². The fourth-order valence-electron chi connectivity index (χ4n) is 7.15. The fourth-order valence-corrected chi connectivity index (χ4v) is 14.8. The van der Waals surface area contributed by atoms with Gasteiger partial charge in [0.1, 0.15) is 4.90 Å². The molecular formula is C46H38O16S9. The third kappa shape index (κ3) is 12.4. The first-order valence-electron chi connectivity index (χ1n) is 20.0. The SMILES string of the molecule is CSc1ccc(C(C)(c2ccc(Sc3ccc(S(=O)(=O)c4cccc(S(=O)(=O)O)c4)cc3SOOO)cc2)c2ccc(Sc3ccc(S(=O)(=O)c4ccc(C)c(SOOO)c4)cc3S(=O)(=O)O)cc2)cc1. The molecule has 0 aliphatic carbocycles. The summed E-state index contributed by atoms with van der Waals surface area (Å²) in [5.74, 6) is 0. The van der Waals surface area contributed by atoms with E-state index >= 15 is 0 Å². The zero-order chi connectivity index (χ0) is 51.4. The molecule has 0 fully saturated rings. The highest BCUT2D eigenvalue weighted by atomic mass is 32.2. The van der Waals surface area contributed by atoms with Gasteiger partial charge in [-0.05, 0) is 145 Å². The molecular weight excluding hydrogens is 1100 g/mol. The number of hydrogen-bond acceptors (Lipinski definition) is 19. The minimum absolute atomic E-state index is 0.0649. The van der Waals surface area contributed by atoms with E-state index < -0.39 is 60.0 Å². The molecule has 7 aromatic carbocycles. The molecule has 0 saturated carbocycles. The van der Waals surface area contributed by atoms with E-state index in [0.717, 1.165) is 56.4 Å². The van der Waals surface area contributed by atoms with Crippen molar-refractivity contribution in [3.8, 4) is 0 Å². The third-order valence-electron chi connectivity index (χ3n) is 10.9. The summed E-state index contributed by atoms with van der Waals surface area (Å²) in [6, 6.07) is 39.0. The smallest absolute Gasteiger partial charge is 0.282 e. The van der Waals surface area contributed by atoms with Crippen LogP contribution in [-0.2, 0) is 64.1 Å². The van der Waals surface area contributed by atoms with Gasteiger partial charge in [0, 0.05) is 34.8 Å². The van der Waals surface area contributed by atoms with E-state index in [2.05, 4.69) is 21.3 Å². The maximum absolute atomic E-state index is 13.7. The van der Waals surface area contributed by atoms with E-state index in [-0.39, 0.29) is 24.5 Å². The van der Waals surface area contributed by atoms with Crippen molar-refractivity contribution in [1.82, 2.24) is 0 Å². The van der Waals surface area contributed by atoms with E-state index in [1.54, 1.807) is 30.8 Å². The Morgan fingerprint density at radius 1 is 0.451 bits per heavy atom. The van der Waals surface area contributed by atoms with Crippen LogP contribution in [-0.4, -0.2) is 59.5 Å². The van der Waals surface area contributed by atoms with Crippen molar-refractivity contribution in [2.45, 2.75) is 82.9 Å². The van der Waals surface area contributed by atoms with Crippen molar-refractivity contribution in [2.24, 2.45) is 0 Å². The number of rotatable bonds is 20. The normalized spacial score (nSPS) is 13.2. The van der Waals surface area contributed by atoms with Crippen LogP contribution in [0.4, 0.5) is 0 Å². The molecule has 0 heterocycles. The first-order chi connectivity index (χ1) is 33.6. The van der Waals surface area contributed by atoms with Gasteiger partial charge in [-0.2, -0.15) is 16.8 Å². The molecule has 4 N–H and O–H groups in total. The molecule has 7 aromatic rings. The van der Waals surface area contributed by atoms with Crippen molar-refractivity contribution >= 4 is 99.3 Å². The molecule has 0 bridgehead atoms. The van der Waals surface area contributed by atoms with E-state index in [9.17, 15) is 42.8 Å². The van der Waals surface area contributed by atoms with Gasteiger partial charge in [-0.1, -0.05) is 82.1 Å². The second kappa shape index (κ2) is 22.5. The van der Waals surface area contributed by atoms with Gasteiger partial charge in [0.2, 0.25) is 19.7 Å². The van der Waals surface area contributed by atoms with Crippen LogP contribution < -0.4 is 0 Å². The first kappa shape index (κ1) is 54.5. The molecule has 0 aliphatic rings. The Kier molecular flexibility index (Phi) is 17.3. The number of aryl methyl sites for hydroxylation is 1. The lowest BCUT2D eigenvalue weighted by molar-refractivity contribution is -0.432. The molecule has 372 valence electrons. The van der Waals surface area contributed by atoms with Gasteiger partial charge in [-0.25, -0.2) is 27.4 Å². The second-order valence-electron chi connectivity index (χ2n) is 15.1. The van der Waals surface area contributed by atoms with Crippen molar-refractivity contribution in [3.63, 3.8) is 0 Å². The zero-order valence-corrected chi connectivity index (χ0v) is 44.1. The minimum Gasteiger partial charge on any atom is -0.282 e. The van der Waals surface area contributed by atoms with E-state index in [1.807, 2.05) is 66.9 Å². The summed E-state index contributed by atoms with van der Waals surface area (Å²) >= 11 is 4.94. The van der Waals surface area contributed by atoms with Crippen LogP contribution in [0.2, 0.25) is 0 Å². The highest BCUT2D eigenvalue weighted by Gasteiger charge is 2.32. The Morgan fingerprint density at radius 3 is 1.37 bits per heavy atom. The van der Waals surface area contributed by atoms with E-state index in [0.29, 0.717) is 44.3 Å². The zero-order valence-electron chi connectivity index (χ0n) is 36.8. The summed E-state index contributed by atoms with van der Waals surface area (Å²) in [6.45, 7) is 3.73. The lowest BCUT2D eigenvalue weighted by atomic mass is 9.71. The Labute approximate surface area is 431 Å². The molecule has 1 unspecified atom stereocenters. The maximum Gasteiger partial charge on any atom is 0.295 e. The van der Waals surface area contributed by atoms with Crippen LogP contribution in [0.3, 0.4) is 0 Å². The summed E-state index contributed by atoms with van der Waals surface area (Å²) in [6.07, 6.45) is 1.97. The Morgan fingerprint density at radius 2 is 0.873 bits per heavy atom. The number of thioether (sulfide) groups is 1. The summed E-state index contributed by atoms with van der Waals surface area (Å²) in [4.78, 5) is 0.997. The fraction of sp³-hybridized carbons (Fsp3) is 0.0870. The molecule has 0 radical (unpaired) electrons. The average Bonchev–Trinajstić information content (AvgIpc) is 3.35. The molecule has 0 spiro atoms. The molecule has 0 aliphatic heterocycles. The lowest BCUT2D eigenvalue weighted by Gasteiger charge is -2.32. The van der Waals surface area contributed by atoms with Crippen LogP contribution >= 0.6 is 59.4 Å². The Bertz CT molecular complexity index is 3540. The quantitative estimate of drug-likeness (QED) is 0.0138. The monoisotopic (exact) mass is 1130 g/mol. The van der Waals surface area contributed by atoms with Crippen LogP contribution in [0.5, 0.6) is 0 Å². The topological polar surface area (TPSA) is 254 Å². The summed E-state index contributed by atoms with van der Waals surface area (Å²) in [5, 5.41) is 25.0. The largest absolute Gasteiger partial charge is 0.295 e. The van der Waals surface area contributed by atoms with Crippen LogP contribution in [0.15, 0.2) is 215 Å². The standard InChI is InChI=1S/C46H38O16S9/c1-29-7-20-37(26-43(29)66-61-59-47)69(51,52)39-22-24-42(45(28-39)71(56,57)58)65-35-18-12-32(13-19-35)46(2,30-8-14-33(63-3)15-9-30)31-10-16-34(17-11-31)64-41-23-21-38(27-44(41)67-62-60-48)68(49,50)36-5-4-6-40(25-36)70(53,54)55/h4-28,47-48H,1-3H3,(H,53,54,55)(H,56,57,58). The van der Waals surface area contributed by atoms with Gasteiger partial charge in [0.15, 0.2) is 0 Å². The van der Waals surface area contributed by atoms with Gasteiger partial charge < -0.3 is 0 Å². The van der Waals surface area contributed by atoms with E-state index in [1.165, 1.54) is 72.4 Å². The van der Waals surface area contributed by atoms with Gasteiger partial charge in [-0.3, -0.25) is 9.11 Å². The molecule has 25 heteroatoms. The number of hydrogen-bond donors (Lipinski definition) is 4. The van der Waals surface area contributed by atoms with Crippen molar-refractivity contribution in [2.75, 3.05) is 6.26 Å². The molecule has 1 atom stereocenters. The second-order valence-corrected chi connectivity index (χ2v) is 26.4. The Balaban J connectivity index is 1.18. The molecule has 7 rings (SSSR count). The predicted octanol–water partition coefficient (Wildman–Crippen LogP) is 11.4. The Hall–Kier alpha value is -4.23. The van der Waals surface area contributed by atoms with Gasteiger partial charge in [0.05, 0.1) is 53.5 Å². The van der Waals surface area contributed by atoms with Gasteiger partial charge >= 0.3 is 0 Å². The number of benzene rings is 7. The predicted molar refractivity (Wildman–Crippen MR) is 267 cm³/mol. The third-order valence-corrected chi connectivity index (χ3v) is 20.7. The summed E-state index contributed by atoms with van der Waals surface area (Å²) < 4.78 is 133. The van der Waals surface area contributed by atoms with Gasteiger partial charge in [-0.15, -0.1) is 20.4 Å². The number of sulfone groups is 2. The highest BCUT2D eigenvalue weighted by molar-refractivity contribution is 8.01. The van der Waals surface area contributed by atoms with Crippen LogP contribution in [0, 0.1) is 6.92 Å². The van der Waals surface area contributed by atoms with Crippen LogP contribution in [0.25, 0.3) is 0 Å².